The number of carboxylic acids is 1. The van der Waals surface area contributed by atoms with Gasteiger partial charge in [-0.2, -0.15) is 0 Å². The lowest BCUT2D eigenvalue weighted by Gasteiger charge is -2.51. The zero-order valence-electron chi connectivity index (χ0n) is 13.1. The van der Waals surface area contributed by atoms with Gasteiger partial charge in [0, 0.05) is 37.1 Å². The monoisotopic (exact) mass is 357 g/mol. The van der Waals surface area contributed by atoms with Gasteiger partial charge in [-0.3, -0.25) is 14.7 Å². The van der Waals surface area contributed by atoms with E-state index in [0.717, 1.165) is 38.0 Å². The topological polar surface area (TPSA) is 56.7 Å². The quantitative estimate of drug-likeness (QED) is 0.901. The van der Waals surface area contributed by atoms with Crippen molar-refractivity contribution < 1.29 is 9.90 Å². The molecular formula is C16H21Cl2N3O2. The molecule has 0 bridgehead atoms. The number of likely N-dealkylation sites (N-methyl/N-ethyl adjacent to an activating group) is 1. The molecule has 0 saturated carbocycles. The third-order valence-electron chi connectivity index (χ3n) is 5.37. The van der Waals surface area contributed by atoms with Crippen LogP contribution in [0, 0.1) is 5.41 Å². The molecule has 3 rings (SSSR count). The first-order valence-electron chi connectivity index (χ1n) is 7.88. The molecule has 1 N–H and O–H groups in total. The lowest BCUT2D eigenvalue weighted by molar-refractivity contribution is -0.162. The van der Waals surface area contributed by atoms with Crippen LogP contribution in [0.5, 0.6) is 0 Å². The van der Waals surface area contributed by atoms with Crippen LogP contribution in [-0.2, 0) is 11.3 Å². The standard InChI is InChI=1S/C16H21Cl2N3O2/c1-20-5-2-3-16(15(22)23)4-6-21(10-14(16)20)9-11-12(17)7-19-8-13(11)18/h7-8,14H,2-6,9-10H2,1H3,(H,22,23)/t14-,16+/m1/s1. The number of hydrogen-bond donors (Lipinski definition) is 1. The smallest absolute Gasteiger partial charge is 0.311 e. The summed E-state index contributed by atoms with van der Waals surface area (Å²) >= 11 is 12.4. The van der Waals surface area contributed by atoms with Gasteiger partial charge in [0.15, 0.2) is 0 Å². The van der Waals surface area contributed by atoms with Crippen LogP contribution in [-0.4, -0.2) is 58.6 Å². The van der Waals surface area contributed by atoms with Crippen molar-refractivity contribution in [3.8, 4) is 0 Å². The van der Waals surface area contributed by atoms with Gasteiger partial charge >= 0.3 is 5.97 Å². The maximum absolute atomic E-state index is 11.9. The van der Waals surface area contributed by atoms with Gasteiger partial charge in [0.1, 0.15) is 0 Å². The molecule has 2 aliphatic heterocycles. The lowest BCUT2D eigenvalue weighted by atomic mass is 9.68. The molecule has 2 saturated heterocycles. The highest BCUT2D eigenvalue weighted by molar-refractivity contribution is 6.35. The van der Waals surface area contributed by atoms with Gasteiger partial charge in [-0.15, -0.1) is 0 Å². The molecule has 0 unspecified atom stereocenters. The van der Waals surface area contributed by atoms with Crippen LogP contribution in [0.15, 0.2) is 12.4 Å². The predicted molar refractivity (Wildman–Crippen MR) is 89.9 cm³/mol. The first-order valence-corrected chi connectivity index (χ1v) is 8.63. The Balaban J connectivity index is 1.80. The van der Waals surface area contributed by atoms with Gasteiger partial charge < -0.3 is 10.0 Å². The summed E-state index contributed by atoms with van der Waals surface area (Å²) in [5.74, 6) is -0.659. The fourth-order valence-electron chi connectivity index (χ4n) is 4.00. The van der Waals surface area contributed by atoms with E-state index in [1.54, 1.807) is 12.4 Å². The number of halogens is 2. The number of carboxylic acid groups (broad SMARTS) is 1. The minimum absolute atomic E-state index is 0.0295. The van der Waals surface area contributed by atoms with Gasteiger partial charge in [-0.25, -0.2) is 0 Å². The van der Waals surface area contributed by atoms with E-state index in [4.69, 9.17) is 23.2 Å². The Morgan fingerprint density at radius 2 is 2.04 bits per heavy atom. The summed E-state index contributed by atoms with van der Waals surface area (Å²) in [6.07, 6.45) is 5.57. The van der Waals surface area contributed by atoms with Gasteiger partial charge in [0.25, 0.3) is 0 Å². The second kappa shape index (κ2) is 6.55. The second-order valence-electron chi connectivity index (χ2n) is 6.63. The van der Waals surface area contributed by atoms with Gasteiger partial charge in [-0.1, -0.05) is 23.2 Å². The van der Waals surface area contributed by atoms with Crippen LogP contribution in [0.3, 0.4) is 0 Å². The van der Waals surface area contributed by atoms with E-state index in [1.807, 2.05) is 7.05 Å². The third kappa shape index (κ3) is 3.07. The van der Waals surface area contributed by atoms with Crippen molar-refractivity contribution in [2.45, 2.75) is 31.8 Å². The fourth-order valence-corrected chi connectivity index (χ4v) is 4.48. The number of hydrogen-bond acceptors (Lipinski definition) is 4. The van der Waals surface area contributed by atoms with Crippen LogP contribution in [0.25, 0.3) is 0 Å². The van der Waals surface area contributed by atoms with Gasteiger partial charge in [-0.05, 0) is 39.4 Å². The Morgan fingerprint density at radius 3 is 2.70 bits per heavy atom. The molecule has 2 fully saturated rings. The van der Waals surface area contributed by atoms with E-state index in [1.165, 1.54) is 0 Å². The van der Waals surface area contributed by atoms with Gasteiger partial charge in [0.2, 0.25) is 0 Å². The Hall–Kier alpha value is -0.880. The van der Waals surface area contributed by atoms with Crippen LogP contribution in [0.2, 0.25) is 10.0 Å². The Kier molecular flexibility index (Phi) is 4.83. The number of rotatable bonds is 3. The van der Waals surface area contributed by atoms with Crippen LogP contribution >= 0.6 is 23.2 Å². The Labute approximate surface area is 146 Å². The van der Waals surface area contributed by atoms with E-state index < -0.39 is 11.4 Å². The Morgan fingerprint density at radius 1 is 1.35 bits per heavy atom. The van der Waals surface area contributed by atoms with Crippen molar-refractivity contribution in [3.05, 3.63) is 28.0 Å². The number of likely N-dealkylation sites (tertiary alicyclic amines) is 2. The number of carbonyl (C=O) groups is 1. The average Bonchev–Trinajstić information content (AvgIpc) is 2.51. The van der Waals surface area contributed by atoms with Crippen LogP contribution < -0.4 is 0 Å². The first kappa shape index (κ1) is 17.0. The van der Waals surface area contributed by atoms with E-state index in [9.17, 15) is 9.90 Å². The summed E-state index contributed by atoms with van der Waals surface area (Å²) in [5.41, 5.74) is 0.250. The minimum atomic E-state index is -0.659. The number of aromatic nitrogens is 1. The summed E-state index contributed by atoms with van der Waals surface area (Å²) < 4.78 is 0. The molecule has 1 aromatic heterocycles. The number of nitrogens with zero attached hydrogens (tertiary/aromatic N) is 3. The molecule has 0 radical (unpaired) electrons. The minimum Gasteiger partial charge on any atom is -0.481 e. The number of piperidine rings is 2. The summed E-state index contributed by atoms with van der Waals surface area (Å²) in [5, 5.41) is 10.9. The number of aliphatic carboxylic acids is 1. The second-order valence-corrected chi connectivity index (χ2v) is 7.44. The van der Waals surface area contributed by atoms with Crippen molar-refractivity contribution in [3.63, 3.8) is 0 Å². The maximum atomic E-state index is 11.9. The largest absolute Gasteiger partial charge is 0.481 e. The molecule has 3 heterocycles. The van der Waals surface area contributed by atoms with Crippen molar-refractivity contribution in [2.24, 2.45) is 5.41 Å². The average molecular weight is 358 g/mol. The molecule has 0 spiro atoms. The molecule has 1 aromatic rings. The highest BCUT2D eigenvalue weighted by Crippen LogP contribution is 2.42. The van der Waals surface area contributed by atoms with E-state index in [-0.39, 0.29) is 6.04 Å². The summed E-state index contributed by atoms with van der Waals surface area (Å²) in [7, 11) is 2.03. The first-order chi connectivity index (χ1) is 10.9. The normalized spacial score (nSPS) is 29.3. The Bertz CT molecular complexity index is 593. The molecule has 0 amide bonds. The molecule has 5 nitrogen and oxygen atoms in total. The van der Waals surface area contributed by atoms with Crippen LogP contribution in [0.4, 0.5) is 0 Å². The van der Waals surface area contributed by atoms with E-state index in [2.05, 4.69) is 14.8 Å². The van der Waals surface area contributed by atoms with Crippen LogP contribution in [0.1, 0.15) is 24.8 Å². The molecule has 7 heteroatoms. The third-order valence-corrected chi connectivity index (χ3v) is 6.02. The fraction of sp³-hybridized carbons (Fsp3) is 0.625. The van der Waals surface area contributed by atoms with Gasteiger partial charge in [0.05, 0.1) is 15.5 Å². The molecule has 0 aliphatic carbocycles. The zero-order valence-corrected chi connectivity index (χ0v) is 14.6. The molecule has 2 aliphatic rings. The maximum Gasteiger partial charge on any atom is 0.311 e. The molecule has 23 heavy (non-hydrogen) atoms. The molecule has 2 atom stereocenters. The highest BCUT2D eigenvalue weighted by atomic mass is 35.5. The highest BCUT2D eigenvalue weighted by Gasteiger charge is 2.52. The molecular weight excluding hydrogens is 337 g/mol. The molecule has 0 aromatic carbocycles. The van der Waals surface area contributed by atoms with Crippen molar-refractivity contribution in [1.82, 2.24) is 14.8 Å². The number of fused-ring (bicyclic) bond motifs is 1. The summed E-state index contributed by atoms with van der Waals surface area (Å²) in [4.78, 5) is 20.4. The van der Waals surface area contributed by atoms with Crippen molar-refractivity contribution in [1.29, 1.82) is 0 Å². The summed E-state index contributed by atoms with van der Waals surface area (Å²) in [6, 6.07) is 0.0295. The SMILES string of the molecule is CN1CCC[C@]2(C(=O)O)CCN(Cc3c(Cl)cncc3Cl)C[C@@H]12. The lowest BCUT2D eigenvalue weighted by Crippen LogP contribution is -2.62. The van der Waals surface area contributed by atoms with Crippen molar-refractivity contribution >= 4 is 29.2 Å². The number of pyridine rings is 1. The zero-order chi connectivity index (χ0) is 16.6. The van der Waals surface area contributed by atoms with E-state index >= 15 is 0 Å². The predicted octanol–water partition coefficient (Wildman–Crippen LogP) is 2.76. The van der Waals surface area contributed by atoms with E-state index in [0.29, 0.717) is 23.0 Å². The van der Waals surface area contributed by atoms with Crippen molar-refractivity contribution in [2.75, 3.05) is 26.7 Å². The molecule has 126 valence electrons. The summed E-state index contributed by atoms with van der Waals surface area (Å²) in [6.45, 7) is 3.04.